The van der Waals surface area contributed by atoms with Gasteiger partial charge in [-0.3, -0.25) is 23.2 Å². The molecule has 0 bridgehead atoms. The third-order valence-corrected chi connectivity index (χ3v) is 14.4. The largest absolute Gasteiger partial charge is 0.385 e. The molecule has 23 heteroatoms. The smallest absolute Gasteiger partial charge is 0.335 e. The molecule has 3 heterocycles. The van der Waals surface area contributed by atoms with Crippen LogP contribution in [0.25, 0.3) is 0 Å². The van der Waals surface area contributed by atoms with E-state index in [1.807, 2.05) is 41.6 Å². The number of ether oxygens (including phenoxy) is 4. The highest BCUT2D eigenvalue weighted by atomic mass is 32.2. The third kappa shape index (κ3) is 13.4. The van der Waals surface area contributed by atoms with Gasteiger partial charge < -0.3 is 28.7 Å². The minimum Gasteiger partial charge on any atom is -0.385 e. The maximum atomic E-state index is 12.3. The van der Waals surface area contributed by atoms with E-state index in [9.17, 15) is 53.3 Å². The van der Waals surface area contributed by atoms with Crippen LogP contribution in [0.1, 0.15) is 63.5 Å². The Labute approximate surface area is 396 Å². The van der Waals surface area contributed by atoms with Crippen molar-refractivity contribution in [3.63, 3.8) is 0 Å². The van der Waals surface area contributed by atoms with Crippen molar-refractivity contribution in [2.45, 2.75) is 73.0 Å². The Morgan fingerprint density at radius 2 is 1.34 bits per heavy atom. The molecule has 2 unspecified atom stereocenters. The molecule has 2 aromatic rings. The molecule has 0 aromatic heterocycles. The molecule has 2 amide bonds. The van der Waals surface area contributed by atoms with Crippen molar-refractivity contribution in [1.82, 2.24) is 5.06 Å². The Hall–Kier alpha value is -4.95. The molecular weight excluding hydrogens is 951 g/mol. The quantitative estimate of drug-likeness (QED) is 0.0391. The van der Waals surface area contributed by atoms with Crippen LogP contribution >= 0.6 is 0 Å². The van der Waals surface area contributed by atoms with Crippen molar-refractivity contribution in [2.75, 3.05) is 77.6 Å². The van der Waals surface area contributed by atoms with Crippen LogP contribution in [0, 0.1) is 0 Å². The van der Waals surface area contributed by atoms with Crippen molar-refractivity contribution in [3.8, 4) is 0 Å². The normalized spacial score (nSPS) is 20.6. The number of rotatable bonds is 26. The van der Waals surface area contributed by atoms with E-state index >= 15 is 0 Å². The molecule has 372 valence electrons. The second-order valence-electron chi connectivity index (χ2n) is 16.5. The molecule has 3 aliphatic heterocycles. The highest BCUT2D eigenvalue weighted by Crippen LogP contribution is 2.51. The summed E-state index contributed by atoms with van der Waals surface area (Å²) in [5.74, 6) is -2.45. The number of allylic oxidation sites excluding steroid dienone is 8. The van der Waals surface area contributed by atoms with Crippen molar-refractivity contribution in [2.24, 2.45) is 0 Å². The van der Waals surface area contributed by atoms with Crippen LogP contribution in [0.5, 0.6) is 0 Å². The van der Waals surface area contributed by atoms with Gasteiger partial charge in [-0.1, -0.05) is 30.4 Å². The summed E-state index contributed by atoms with van der Waals surface area (Å²) >= 11 is 0. The number of carbonyl (C=O) groups excluding carboxylic acids is 3. The van der Waals surface area contributed by atoms with E-state index in [0.29, 0.717) is 66.0 Å². The highest BCUT2D eigenvalue weighted by molar-refractivity contribution is 7.86. The van der Waals surface area contributed by atoms with Crippen molar-refractivity contribution in [1.29, 1.82) is 0 Å². The second kappa shape index (κ2) is 23.1. The van der Waals surface area contributed by atoms with Gasteiger partial charge in [0.15, 0.2) is 12.3 Å². The summed E-state index contributed by atoms with van der Waals surface area (Å²) in [5.41, 5.74) is 2.26. The predicted octanol–water partition coefficient (Wildman–Crippen LogP) is 4.25. The molecule has 5 rings (SSSR count). The number of methoxy groups -OCH3 is 2. The number of anilines is 1. The van der Waals surface area contributed by atoms with Gasteiger partial charge in [-0.15, -0.1) is 5.06 Å². The summed E-state index contributed by atoms with van der Waals surface area (Å²) < 4.78 is 126. The maximum Gasteiger partial charge on any atom is 0.335 e. The number of benzene rings is 2. The van der Waals surface area contributed by atoms with E-state index < -0.39 is 64.7 Å². The zero-order chi connectivity index (χ0) is 49.9. The molecule has 2 atom stereocenters. The summed E-state index contributed by atoms with van der Waals surface area (Å²) in [6.45, 7) is 5.52. The molecule has 1 fully saturated rings. The van der Waals surface area contributed by atoms with Gasteiger partial charge in [0, 0.05) is 74.7 Å². The van der Waals surface area contributed by atoms with E-state index in [0.717, 1.165) is 5.70 Å². The molecular formula is C45H58N3O17S3+. The van der Waals surface area contributed by atoms with Crippen LogP contribution in [-0.2, 0) is 79.4 Å². The molecule has 2 aromatic carbocycles. The monoisotopic (exact) mass is 1010 g/mol. The van der Waals surface area contributed by atoms with E-state index in [4.69, 9.17) is 23.8 Å². The number of amides is 2. The summed E-state index contributed by atoms with van der Waals surface area (Å²) in [6.07, 6.45) is 13.1. The summed E-state index contributed by atoms with van der Waals surface area (Å²) in [6, 6.07) is 8.64. The third-order valence-electron chi connectivity index (χ3n) is 11.9. The molecule has 20 nitrogen and oxygen atoms in total. The molecule has 1 saturated heterocycles. The zero-order valence-electron chi connectivity index (χ0n) is 38.2. The minimum atomic E-state index is -4.57. The first-order valence-electron chi connectivity index (χ1n) is 21.6. The minimum absolute atomic E-state index is 0.0114. The number of fused-ring (bicyclic) bond motifs is 2. The van der Waals surface area contributed by atoms with Crippen LogP contribution in [0.2, 0.25) is 0 Å². The fraction of sp³-hybridized carbons (Fsp3) is 0.467. The van der Waals surface area contributed by atoms with Gasteiger partial charge >= 0.3 is 5.97 Å². The number of hydrogen-bond acceptors (Lipinski definition) is 15. The van der Waals surface area contributed by atoms with Crippen molar-refractivity contribution < 1.29 is 81.7 Å². The van der Waals surface area contributed by atoms with Gasteiger partial charge in [0.1, 0.15) is 6.61 Å². The number of carbonyl (C=O) groups is 3. The summed E-state index contributed by atoms with van der Waals surface area (Å²) in [4.78, 5) is 41.7. The first-order chi connectivity index (χ1) is 32.0. The first kappa shape index (κ1) is 54.0. The zero-order valence-corrected chi connectivity index (χ0v) is 40.7. The summed E-state index contributed by atoms with van der Waals surface area (Å²) in [7, 11) is -10.3. The number of nitrogens with zero attached hydrogens (tertiary/aromatic N) is 3. The molecule has 0 saturated carbocycles. The van der Waals surface area contributed by atoms with Gasteiger partial charge in [0.25, 0.3) is 42.2 Å². The SMILES string of the molecule is COCC[N+]1=C(/C=C/C=C/C=C/C=C2/N(CCOCCOCCC(=O)ON3C(=O)CCC3=O)c3ccc(S(=O)(=O)O)cc3C2(C)CCOC)C(C)(CCCS(=O)(=O)O)c2cc(S(=O)(=O)O)ccc21. The fourth-order valence-electron chi connectivity index (χ4n) is 8.41. The Kier molecular flexibility index (Phi) is 18.3. The Bertz CT molecular complexity index is 2700. The lowest BCUT2D eigenvalue weighted by atomic mass is 9.76. The lowest BCUT2D eigenvalue weighted by molar-refractivity contribution is -0.441. The van der Waals surface area contributed by atoms with Gasteiger partial charge in [0.2, 0.25) is 5.69 Å². The van der Waals surface area contributed by atoms with E-state index in [1.165, 1.54) is 31.4 Å². The van der Waals surface area contributed by atoms with Crippen LogP contribution in [0.4, 0.5) is 11.4 Å². The number of hydrogen-bond donors (Lipinski definition) is 3. The van der Waals surface area contributed by atoms with Crippen LogP contribution < -0.4 is 4.90 Å². The van der Waals surface area contributed by atoms with Gasteiger partial charge in [0.05, 0.1) is 53.8 Å². The van der Waals surface area contributed by atoms with Crippen LogP contribution in [-0.4, -0.2) is 145 Å². The number of hydroxylamine groups is 2. The van der Waals surface area contributed by atoms with E-state index in [-0.39, 0.29) is 68.3 Å². The van der Waals surface area contributed by atoms with Gasteiger partial charge in [-0.25, -0.2) is 4.79 Å². The maximum absolute atomic E-state index is 12.3. The van der Waals surface area contributed by atoms with Gasteiger partial charge in [-0.05, 0) is 75.1 Å². The first-order valence-corrected chi connectivity index (χ1v) is 26.1. The number of imide groups is 1. The van der Waals surface area contributed by atoms with Crippen LogP contribution in [0.3, 0.4) is 0 Å². The van der Waals surface area contributed by atoms with E-state index in [1.54, 1.807) is 43.5 Å². The average molecular weight is 1010 g/mol. The van der Waals surface area contributed by atoms with Crippen molar-refractivity contribution >= 4 is 65.2 Å². The second-order valence-corrected chi connectivity index (χ2v) is 20.9. The Morgan fingerprint density at radius 1 is 0.735 bits per heavy atom. The van der Waals surface area contributed by atoms with Gasteiger partial charge in [-0.2, -0.15) is 29.8 Å². The Balaban J connectivity index is 1.34. The van der Waals surface area contributed by atoms with Crippen LogP contribution in [0.15, 0.2) is 94.4 Å². The molecule has 3 aliphatic rings. The molecule has 0 spiro atoms. The summed E-state index contributed by atoms with van der Waals surface area (Å²) in [5, 5.41) is 0.476. The molecule has 0 radical (unpaired) electrons. The van der Waals surface area contributed by atoms with E-state index in [2.05, 4.69) is 0 Å². The van der Waals surface area contributed by atoms with Crippen molar-refractivity contribution in [3.05, 3.63) is 95.8 Å². The predicted molar refractivity (Wildman–Crippen MR) is 247 cm³/mol. The standard InChI is InChI=1S/C45H57N3O17S3/c1-44(20-10-30-66(52,53)54)35-31-33(67(55,56)57)13-15-37(35)46(22-26-62-4)39(44)11-8-6-5-7-9-12-40-45(2,21-25-61-3)36-32-34(68(58,59)60)14-16-38(36)47(40)23-27-64-29-28-63-24-19-43(51)65-48-41(49)17-18-42(48)50/h5-9,11-16,31-32H,10,17-30H2,1-4H3,(H2-,52,53,54,55,56,57,58,59,60)/p+1. The molecule has 68 heavy (non-hydrogen) atoms. The fourth-order valence-corrected chi connectivity index (χ4v) is 9.94. The lowest BCUT2D eigenvalue weighted by Gasteiger charge is -2.30. The molecule has 0 aliphatic carbocycles. The topological polar surface area (TPSA) is 270 Å². The molecule has 3 N–H and O–H groups in total. The average Bonchev–Trinajstić information content (AvgIpc) is 3.80. The Morgan fingerprint density at radius 3 is 1.97 bits per heavy atom. The lowest BCUT2D eigenvalue weighted by Crippen LogP contribution is -2.32. The highest BCUT2D eigenvalue weighted by Gasteiger charge is 2.48.